The molecule has 1 unspecified atom stereocenters. The molecule has 0 aliphatic rings. The summed E-state index contributed by atoms with van der Waals surface area (Å²) in [6, 6.07) is 0.0277. The average Bonchev–Trinajstić information content (AvgIpc) is 2.38. The number of carbonyl (C=O) groups excluding carboxylic acids is 1. The molecule has 0 aromatic rings. The number of rotatable bonds is 11. The van der Waals surface area contributed by atoms with Crippen molar-refractivity contribution in [2.24, 2.45) is 5.73 Å². The Kier molecular flexibility index (Phi) is 11.4. The van der Waals surface area contributed by atoms with Crippen LogP contribution in [-0.2, 0) is 4.74 Å². The van der Waals surface area contributed by atoms with E-state index in [4.69, 9.17) is 10.5 Å². The minimum absolute atomic E-state index is 0.0277. The number of carbonyl (C=O) groups is 1. The number of hydrogen-bond donors (Lipinski definition) is 2. The van der Waals surface area contributed by atoms with Gasteiger partial charge < -0.3 is 15.8 Å². The summed E-state index contributed by atoms with van der Waals surface area (Å²) in [5.41, 5.74) is 5.25. The fourth-order valence-electron chi connectivity index (χ4n) is 2.25. The predicted molar refractivity (Wildman–Crippen MR) is 89.4 cm³/mol. The van der Waals surface area contributed by atoms with Gasteiger partial charge in [0.05, 0.1) is 0 Å². The highest BCUT2D eigenvalue weighted by atomic mass is 16.6. The summed E-state index contributed by atoms with van der Waals surface area (Å²) in [5.74, 6) is 0. The van der Waals surface area contributed by atoms with Crippen molar-refractivity contribution in [2.45, 2.75) is 97.1 Å². The van der Waals surface area contributed by atoms with E-state index < -0.39 is 5.60 Å². The summed E-state index contributed by atoms with van der Waals surface area (Å²) < 4.78 is 5.25. The zero-order valence-corrected chi connectivity index (χ0v) is 14.5. The largest absolute Gasteiger partial charge is 0.444 e. The lowest BCUT2D eigenvalue weighted by Gasteiger charge is -2.23. The molecule has 1 amide bonds. The maximum Gasteiger partial charge on any atom is 0.407 e. The Balaban J connectivity index is 3.64. The molecule has 3 N–H and O–H groups in total. The monoisotopic (exact) mass is 300 g/mol. The van der Waals surface area contributed by atoms with Gasteiger partial charge in [-0.3, -0.25) is 0 Å². The van der Waals surface area contributed by atoms with E-state index in [9.17, 15) is 4.79 Å². The van der Waals surface area contributed by atoms with Crippen LogP contribution in [0.2, 0.25) is 0 Å². The zero-order chi connectivity index (χ0) is 16.1. The molecule has 0 aromatic carbocycles. The molecule has 0 radical (unpaired) electrons. The summed E-state index contributed by atoms with van der Waals surface area (Å²) in [7, 11) is 0. The van der Waals surface area contributed by atoms with E-state index in [1.807, 2.05) is 20.8 Å². The van der Waals surface area contributed by atoms with Gasteiger partial charge in [0, 0.05) is 12.6 Å². The summed E-state index contributed by atoms with van der Waals surface area (Å²) in [5, 5.41) is 2.86. The van der Waals surface area contributed by atoms with Crippen LogP contribution in [0.3, 0.4) is 0 Å². The van der Waals surface area contributed by atoms with E-state index in [1.165, 1.54) is 44.9 Å². The molecule has 1 atom stereocenters. The van der Waals surface area contributed by atoms with Gasteiger partial charge in [-0.25, -0.2) is 4.79 Å². The molecule has 0 aliphatic carbocycles. The van der Waals surface area contributed by atoms with Gasteiger partial charge in [0.25, 0.3) is 0 Å². The first-order valence-corrected chi connectivity index (χ1v) is 8.58. The van der Waals surface area contributed by atoms with Gasteiger partial charge in [-0.1, -0.05) is 58.3 Å². The van der Waals surface area contributed by atoms with E-state index in [0.717, 1.165) is 12.8 Å². The third-order valence-electron chi connectivity index (χ3n) is 3.41. The first-order valence-electron chi connectivity index (χ1n) is 8.58. The van der Waals surface area contributed by atoms with Crippen LogP contribution in [-0.4, -0.2) is 24.3 Å². The Bertz CT molecular complexity index is 262. The van der Waals surface area contributed by atoms with E-state index in [1.54, 1.807) is 0 Å². The average molecular weight is 300 g/mol. The van der Waals surface area contributed by atoms with Gasteiger partial charge in [-0.05, 0) is 27.2 Å². The molecule has 126 valence electrons. The highest BCUT2D eigenvalue weighted by Crippen LogP contribution is 2.11. The summed E-state index contributed by atoms with van der Waals surface area (Å²) >= 11 is 0. The van der Waals surface area contributed by atoms with Crippen LogP contribution in [0, 0.1) is 0 Å². The Morgan fingerprint density at radius 1 is 1.05 bits per heavy atom. The number of amides is 1. The van der Waals surface area contributed by atoms with Crippen molar-refractivity contribution in [3.05, 3.63) is 0 Å². The Labute approximate surface area is 131 Å². The second kappa shape index (κ2) is 11.8. The molecule has 0 rings (SSSR count). The van der Waals surface area contributed by atoms with Crippen molar-refractivity contribution in [3.8, 4) is 0 Å². The fraction of sp³-hybridized carbons (Fsp3) is 0.941. The Morgan fingerprint density at radius 3 is 2.05 bits per heavy atom. The minimum atomic E-state index is -0.457. The van der Waals surface area contributed by atoms with Crippen LogP contribution >= 0.6 is 0 Å². The van der Waals surface area contributed by atoms with Gasteiger partial charge in [0.15, 0.2) is 0 Å². The first-order chi connectivity index (χ1) is 9.89. The van der Waals surface area contributed by atoms with E-state index >= 15 is 0 Å². The van der Waals surface area contributed by atoms with Crippen LogP contribution in [0.5, 0.6) is 0 Å². The minimum Gasteiger partial charge on any atom is -0.444 e. The van der Waals surface area contributed by atoms with Gasteiger partial charge >= 0.3 is 6.09 Å². The molecule has 21 heavy (non-hydrogen) atoms. The molecule has 0 aromatic heterocycles. The number of unbranched alkanes of at least 4 members (excludes halogenated alkanes) is 7. The van der Waals surface area contributed by atoms with Crippen LogP contribution in [0.25, 0.3) is 0 Å². The number of alkyl carbamates (subject to hydrolysis) is 1. The lowest BCUT2D eigenvalue weighted by molar-refractivity contribution is 0.0503. The quantitative estimate of drug-likeness (QED) is 0.557. The molecule has 0 bridgehead atoms. The van der Waals surface area contributed by atoms with E-state index in [0.29, 0.717) is 6.54 Å². The van der Waals surface area contributed by atoms with Crippen LogP contribution < -0.4 is 11.1 Å². The predicted octanol–water partition coefficient (Wildman–Crippen LogP) is 4.37. The van der Waals surface area contributed by atoms with E-state index in [2.05, 4.69) is 12.2 Å². The molecule has 0 heterocycles. The third kappa shape index (κ3) is 13.9. The highest BCUT2D eigenvalue weighted by molar-refractivity contribution is 5.68. The zero-order valence-electron chi connectivity index (χ0n) is 14.5. The molecular formula is C17H36N2O2. The summed E-state index contributed by atoms with van der Waals surface area (Å²) in [6.45, 7) is 8.30. The lowest BCUT2D eigenvalue weighted by atomic mass is 10.0. The second-order valence-electron chi connectivity index (χ2n) is 6.84. The molecule has 4 heteroatoms. The fourth-order valence-corrected chi connectivity index (χ4v) is 2.25. The molecule has 0 fully saturated rings. The van der Waals surface area contributed by atoms with Crippen molar-refractivity contribution in [3.63, 3.8) is 0 Å². The molecule has 0 saturated heterocycles. The van der Waals surface area contributed by atoms with Crippen molar-refractivity contribution < 1.29 is 9.53 Å². The highest BCUT2D eigenvalue weighted by Gasteiger charge is 2.18. The van der Waals surface area contributed by atoms with Crippen LogP contribution in [0.1, 0.15) is 85.5 Å². The topological polar surface area (TPSA) is 64.3 Å². The second-order valence-corrected chi connectivity index (χ2v) is 6.84. The Hall–Kier alpha value is -0.770. The number of nitrogens with one attached hydrogen (secondary N) is 1. The van der Waals surface area contributed by atoms with Crippen molar-refractivity contribution in [1.82, 2.24) is 5.32 Å². The maximum absolute atomic E-state index is 11.7. The number of nitrogens with two attached hydrogens (primary N) is 1. The smallest absolute Gasteiger partial charge is 0.407 e. The maximum atomic E-state index is 11.7. The normalized spacial score (nSPS) is 13.0. The number of hydrogen-bond acceptors (Lipinski definition) is 3. The molecular weight excluding hydrogens is 264 g/mol. The lowest BCUT2D eigenvalue weighted by Crippen LogP contribution is -2.42. The van der Waals surface area contributed by atoms with Gasteiger partial charge in [0.1, 0.15) is 5.60 Å². The summed E-state index contributed by atoms with van der Waals surface area (Å²) in [6.07, 6.45) is 10.9. The SMILES string of the molecule is CCCCCCCCCCC(CN)NC(=O)OC(C)(C)C. The van der Waals surface area contributed by atoms with Crippen molar-refractivity contribution in [1.29, 1.82) is 0 Å². The molecule has 4 nitrogen and oxygen atoms in total. The van der Waals surface area contributed by atoms with Gasteiger partial charge in [-0.15, -0.1) is 0 Å². The van der Waals surface area contributed by atoms with Gasteiger partial charge in [-0.2, -0.15) is 0 Å². The van der Waals surface area contributed by atoms with Crippen LogP contribution in [0.15, 0.2) is 0 Å². The van der Waals surface area contributed by atoms with Gasteiger partial charge in [0.2, 0.25) is 0 Å². The van der Waals surface area contributed by atoms with Crippen molar-refractivity contribution >= 4 is 6.09 Å². The molecule has 0 aliphatic heterocycles. The number of ether oxygens (including phenoxy) is 1. The van der Waals surface area contributed by atoms with Crippen LogP contribution in [0.4, 0.5) is 4.79 Å². The standard InChI is InChI=1S/C17H36N2O2/c1-5-6-7-8-9-10-11-12-13-15(14-18)19-16(20)21-17(2,3)4/h15H,5-14,18H2,1-4H3,(H,19,20). The Morgan fingerprint density at radius 2 is 1.57 bits per heavy atom. The first kappa shape index (κ1) is 20.2. The molecule has 0 saturated carbocycles. The molecule has 0 spiro atoms. The van der Waals surface area contributed by atoms with E-state index in [-0.39, 0.29) is 12.1 Å². The summed E-state index contributed by atoms with van der Waals surface area (Å²) in [4.78, 5) is 11.7. The third-order valence-corrected chi connectivity index (χ3v) is 3.41. The van der Waals surface area contributed by atoms with Crippen molar-refractivity contribution in [2.75, 3.05) is 6.54 Å².